The van der Waals surface area contributed by atoms with E-state index in [9.17, 15) is 9.59 Å². The maximum atomic E-state index is 12.6. The van der Waals surface area contributed by atoms with Gasteiger partial charge >= 0.3 is 0 Å². The number of aromatic nitrogens is 2. The van der Waals surface area contributed by atoms with Crippen LogP contribution in [-0.4, -0.2) is 46.4 Å². The minimum Gasteiger partial charge on any atom is -0.378 e. The number of carbonyl (C=O) groups excluding carboxylic acids is 2. The lowest BCUT2D eigenvalue weighted by atomic mass is 9.81. The standard InChI is InChI=1S/C19H30N4O3/c1-15-12-16(6-11-26-15)18(25)20-14-19(7-3-2-4-8-19)22-17(24)13-23-10-5-9-21-23/h5,9-10,15-16H,2-4,6-8,11-14H2,1H3,(H,20,25)(H,22,24). The predicted molar refractivity (Wildman–Crippen MR) is 97.3 cm³/mol. The van der Waals surface area contributed by atoms with Gasteiger partial charge in [-0.2, -0.15) is 5.10 Å². The maximum Gasteiger partial charge on any atom is 0.242 e. The van der Waals surface area contributed by atoms with Crippen molar-refractivity contribution in [3.63, 3.8) is 0 Å². The Morgan fingerprint density at radius 2 is 2.12 bits per heavy atom. The molecule has 0 radical (unpaired) electrons. The second kappa shape index (κ2) is 8.66. The molecule has 1 saturated heterocycles. The zero-order chi connectivity index (χ0) is 18.4. The average molecular weight is 362 g/mol. The van der Waals surface area contributed by atoms with E-state index in [4.69, 9.17) is 4.74 Å². The van der Waals surface area contributed by atoms with Crippen LogP contribution in [0.2, 0.25) is 0 Å². The first-order valence-corrected chi connectivity index (χ1v) is 9.74. The highest BCUT2D eigenvalue weighted by Crippen LogP contribution is 2.28. The number of ether oxygens (including phenoxy) is 1. The molecule has 7 nitrogen and oxygen atoms in total. The number of hydrogen-bond donors (Lipinski definition) is 2. The summed E-state index contributed by atoms with van der Waals surface area (Å²) >= 11 is 0. The van der Waals surface area contributed by atoms with Crippen LogP contribution in [0.4, 0.5) is 0 Å². The SMILES string of the molecule is CC1CC(C(=O)NCC2(NC(=O)Cn3cccn3)CCCCC2)CCO1. The van der Waals surface area contributed by atoms with Crippen molar-refractivity contribution in [2.45, 2.75) is 70.1 Å². The van der Waals surface area contributed by atoms with Crippen molar-refractivity contribution < 1.29 is 14.3 Å². The van der Waals surface area contributed by atoms with Gasteiger partial charge in [-0.05, 0) is 38.7 Å². The molecule has 2 amide bonds. The Morgan fingerprint density at radius 1 is 1.31 bits per heavy atom. The van der Waals surface area contributed by atoms with Gasteiger partial charge in [0.05, 0.1) is 11.6 Å². The molecule has 1 aromatic heterocycles. The first kappa shape index (κ1) is 18.9. The van der Waals surface area contributed by atoms with Crippen molar-refractivity contribution >= 4 is 11.8 Å². The Hall–Kier alpha value is -1.89. The van der Waals surface area contributed by atoms with E-state index in [1.54, 1.807) is 23.1 Å². The van der Waals surface area contributed by atoms with E-state index in [2.05, 4.69) is 15.7 Å². The second-order valence-corrected chi connectivity index (χ2v) is 7.71. The highest BCUT2D eigenvalue weighted by molar-refractivity contribution is 5.79. The van der Waals surface area contributed by atoms with Crippen LogP contribution in [0.1, 0.15) is 51.9 Å². The summed E-state index contributed by atoms with van der Waals surface area (Å²) in [6, 6.07) is 1.80. The van der Waals surface area contributed by atoms with E-state index >= 15 is 0 Å². The zero-order valence-corrected chi connectivity index (χ0v) is 15.6. The van der Waals surface area contributed by atoms with E-state index in [1.165, 1.54) is 6.42 Å². The molecule has 2 fully saturated rings. The van der Waals surface area contributed by atoms with Crippen molar-refractivity contribution in [2.75, 3.05) is 13.2 Å². The number of rotatable bonds is 6. The first-order chi connectivity index (χ1) is 12.6. The fraction of sp³-hybridized carbons (Fsp3) is 0.737. The Morgan fingerprint density at radius 3 is 2.81 bits per heavy atom. The average Bonchev–Trinajstić information content (AvgIpc) is 3.13. The van der Waals surface area contributed by atoms with Crippen LogP contribution in [0, 0.1) is 5.92 Å². The first-order valence-electron chi connectivity index (χ1n) is 9.74. The van der Waals surface area contributed by atoms with Crippen LogP contribution < -0.4 is 10.6 Å². The molecule has 2 unspecified atom stereocenters. The molecular weight excluding hydrogens is 332 g/mol. The smallest absolute Gasteiger partial charge is 0.242 e. The summed E-state index contributed by atoms with van der Waals surface area (Å²) < 4.78 is 7.15. The maximum absolute atomic E-state index is 12.6. The summed E-state index contributed by atoms with van der Waals surface area (Å²) in [7, 11) is 0. The summed E-state index contributed by atoms with van der Waals surface area (Å²) in [4.78, 5) is 25.0. The highest BCUT2D eigenvalue weighted by atomic mass is 16.5. The van der Waals surface area contributed by atoms with Crippen molar-refractivity contribution in [1.82, 2.24) is 20.4 Å². The van der Waals surface area contributed by atoms with E-state index in [-0.39, 0.29) is 35.9 Å². The van der Waals surface area contributed by atoms with Gasteiger partial charge in [-0.1, -0.05) is 19.3 Å². The summed E-state index contributed by atoms with van der Waals surface area (Å²) in [6.45, 7) is 3.37. The van der Waals surface area contributed by atoms with E-state index < -0.39 is 0 Å². The molecule has 1 aromatic rings. The molecule has 2 N–H and O–H groups in total. The van der Waals surface area contributed by atoms with Crippen LogP contribution in [0.3, 0.4) is 0 Å². The number of nitrogens with one attached hydrogen (secondary N) is 2. The summed E-state index contributed by atoms with van der Waals surface area (Å²) in [5, 5.41) is 10.4. The Kier molecular flexibility index (Phi) is 6.29. The van der Waals surface area contributed by atoms with Gasteiger partial charge in [-0.3, -0.25) is 14.3 Å². The van der Waals surface area contributed by atoms with Crippen molar-refractivity contribution in [3.05, 3.63) is 18.5 Å². The molecule has 2 atom stereocenters. The van der Waals surface area contributed by atoms with Gasteiger partial charge in [0.1, 0.15) is 6.54 Å². The van der Waals surface area contributed by atoms with Crippen LogP contribution in [0.15, 0.2) is 18.5 Å². The minimum absolute atomic E-state index is 0.0131. The zero-order valence-electron chi connectivity index (χ0n) is 15.6. The summed E-state index contributed by atoms with van der Waals surface area (Å²) in [5.74, 6) is 0.0510. The van der Waals surface area contributed by atoms with Gasteiger partial charge in [0, 0.05) is 31.5 Å². The van der Waals surface area contributed by atoms with Crippen molar-refractivity contribution in [3.8, 4) is 0 Å². The number of hydrogen-bond acceptors (Lipinski definition) is 4. The molecule has 1 aliphatic heterocycles. The summed E-state index contributed by atoms with van der Waals surface area (Å²) in [5.41, 5.74) is -0.338. The lowest BCUT2D eigenvalue weighted by Gasteiger charge is -2.39. The highest BCUT2D eigenvalue weighted by Gasteiger charge is 2.35. The molecule has 7 heteroatoms. The Labute approximate surface area is 154 Å². The third-order valence-corrected chi connectivity index (χ3v) is 5.54. The number of carbonyl (C=O) groups is 2. The Bertz CT molecular complexity index is 596. The van der Waals surface area contributed by atoms with Gasteiger partial charge in [-0.15, -0.1) is 0 Å². The molecule has 3 rings (SSSR count). The lowest BCUT2D eigenvalue weighted by molar-refractivity contribution is -0.131. The van der Waals surface area contributed by atoms with Crippen molar-refractivity contribution in [1.29, 1.82) is 0 Å². The molecule has 0 aromatic carbocycles. The predicted octanol–water partition coefficient (Wildman–Crippen LogP) is 1.63. The summed E-state index contributed by atoms with van der Waals surface area (Å²) in [6.07, 6.45) is 10.3. The quantitative estimate of drug-likeness (QED) is 0.805. The molecular formula is C19H30N4O3. The van der Waals surface area contributed by atoms with E-state index in [1.807, 2.05) is 6.92 Å². The molecule has 0 spiro atoms. The normalized spacial score (nSPS) is 25.4. The molecule has 1 saturated carbocycles. The fourth-order valence-electron chi connectivity index (χ4n) is 4.09. The van der Waals surface area contributed by atoms with E-state index in [0.29, 0.717) is 13.2 Å². The molecule has 2 aliphatic rings. The Balaban J connectivity index is 1.56. The number of amides is 2. The van der Waals surface area contributed by atoms with Gasteiger partial charge in [0.2, 0.25) is 11.8 Å². The number of nitrogens with zero attached hydrogens (tertiary/aromatic N) is 2. The van der Waals surface area contributed by atoms with Crippen LogP contribution in [-0.2, 0) is 20.9 Å². The van der Waals surface area contributed by atoms with Gasteiger partial charge in [0.15, 0.2) is 0 Å². The monoisotopic (exact) mass is 362 g/mol. The third kappa shape index (κ3) is 5.06. The van der Waals surface area contributed by atoms with Gasteiger partial charge in [0.25, 0.3) is 0 Å². The topological polar surface area (TPSA) is 85.3 Å². The molecule has 0 bridgehead atoms. The second-order valence-electron chi connectivity index (χ2n) is 7.71. The molecule has 26 heavy (non-hydrogen) atoms. The van der Waals surface area contributed by atoms with Crippen molar-refractivity contribution in [2.24, 2.45) is 5.92 Å². The van der Waals surface area contributed by atoms with Crippen LogP contribution >= 0.6 is 0 Å². The van der Waals surface area contributed by atoms with Gasteiger partial charge in [-0.25, -0.2) is 0 Å². The fourth-order valence-corrected chi connectivity index (χ4v) is 4.09. The minimum atomic E-state index is -0.338. The van der Waals surface area contributed by atoms with Crippen LogP contribution in [0.5, 0.6) is 0 Å². The molecule has 144 valence electrons. The molecule has 2 heterocycles. The molecule has 1 aliphatic carbocycles. The van der Waals surface area contributed by atoms with Gasteiger partial charge < -0.3 is 15.4 Å². The lowest BCUT2D eigenvalue weighted by Crippen LogP contribution is -2.57. The van der Waals surface area contributed by atoms with Crippen LogP contribution in [0.25, 0.3) is 0 Å². The third-order valence-electron chi connectivity index (χ3n) is 5.54. The largest absolute Gasteiger partial charge is 0.378 e. The van der Waals surface area contributed by atoms with E-state index in [0.717, 1.165) is 38.5 Å².